The number of benzene rings is 2. The highest BCUT2D eigenvalue weighted by molar-refractivity contribution is 6.43. The molecule has 0 bridgehead atoms. The zero-order valence-electron chi connectivity index (χ0n) is 14.1. The number of hydrogen-bond acceptors (Lipinski definition) is 3. The van der Waals surface area contributed by atoms with E-state index in [-0.39, 0.29) is 5.91 Å². The highest BCUT2D eigenvalue weighted by Crippen LogP contribution is 2.31. The Bertz CT molecular complexity index is 909. The van der Waals surface area contributed by atoms with Crippen molar-refractivity contribution in [1.82, 2.24) is 4.98 Å². The summed E-state index contributed by atoms with van der Waals surface area (Å²) < 4.78 is 0. The summed E-state index contributed by atoms with van der Waals surface area (Å²) in [6.07, 6.45) is 1.91. The highest BCUT2D eigenvalue weighted by atomic mass is 35.5. The van der Waals surface area contributed by atoms with Gasteiger partial charge in [-0.05, 0) is 36.8 Å². The molecule has 0 unspecified atom stereocenters. The number of nitrogens with zero attached hydrogens (tertiary/aromatic N) is 1. The molecule has 1 heterocycles. The third-order valence-corrected chi connectivity index (χ3v) is 4.57. The van der Waals surface area contributed by atoms with Crippen LogP contribution in [0.3, 0.4) is 0 Å². The minimum atomic E-state index is -0.0887. The summed E-state index contributed by atoms with van der Waals surface area (Å²) in [5, 5.41) is 6.84. The van der Waals surface area contributed by atoms with E-state index in [4.69, 9.17) is 23.2 Å². The molecule has 0 radical (unpaired) electrons. The second kappa shape index (κ2) is 8.21. The lowest BCUT2D eigenvalue weighted by molar-refractivity contribution is -0.115. The van der Waals surface area contributed by atoms with Crippen molar-refractivity contribution in [2.45, 2.75) is 13.3 Å². The largest absolute Gasteiger partial charge is 0.339 e. The molecule has 0 aliphatic rings. The van der Waals surface area contributed by atoms with Gasteiger partial charge in [0.25, 0.3) is 0 Å². The number of halogens is 2. The number of rotatable bonds is 5. The average Bonchev–Trinajstić information content (AvgIpc) is 2.62. The second-order valence-electron chi connectivity index (χ2n) is 5.87. The first kappa shape index (κ1) is 18.2. The molecule has 2 N–H and O–H groups in total. The van der Waals surface area contributed by atoms with Crippen molar-refractivity contribution in [3.8, 4) is 0 Å². The molecular formula is C20H17Cl2N3O. The van der Waals surface area contributed by atoms with Crippen molar-refractivity contribution in [2.75, 3.05) is 10.6 Å². The maximum Gasteiger partial charge on any atom is 0.228 e. The first-order valence-corrected chi connectivity index (χ1v) is 8.79. The standard InChI is InChI=1S/C20H17Cl2N3O/c1-13-5-7-14(8-6-13)11-19(26)24-15-9-10-18(23-12-15)25-17-4-2-3-16(21)20(17)22/h2-10,12H,11H2,1H3,(H,23,25)(H,24,26). The van der Waals surface area contributed by atoms with Crippen molar-refractivity contribution < 1.29 is 4.79 Å². The van der Waals surface area contributed by atoms with E-state index >= 15 is 0 Å². The molecule has 1 aromatic heterocycles. The van der Waals surface area contributed by atoms with E-state index in [1.165, 1.54) is 5.56 Å². The molecule has 6 heteroatoms. The fraction of sp³-hybridized carbons (Fsp3) is 0.100. The van der Waals surface area contributed by atoms with Crippen LogP contribution >= 0.6 is 23.2 Å². The van der Waals surface area contributed by atoms with Gasteiger partial charge in [0.1, 0.15) is 5.82 Å². The molecule has 1 amide bonds. The maximum atomic E-state index is 12.1. The van der Waals surface area contributed by atoms with Gasteiger partial charge in [-0.25, -0.2) is 4.98 Å². The molecule has 3 aromatic rings. The summed E-state index contributed by atoms with van der Waals surface area (Å²) in [5.74, 6) is 0.514. The third-order valence-electron chi connectivity index (χ3n) is 3.75. The lowest BCUT2D eigenvalue weighted by Crippen LogP contribution is -2.14. The predicted octanol–water partition coefficient (Wildman–Crippen LogP) is 5.62. The topological polar surface area (TPSA) is 54.0 Å². The van der Waals surface area contributed by atoms with Gasteiger partial charge in [0, 0.05) is 0 Å². The summed E-state index contributed by atoms with van der Waals surface area (Å²) in [6, 6.07) is 16.8. The van der Waals surface area contributed by atoms with Gasteiger partial charge < -0.3 is 10.6 Å². The van der Waals surface area contributed by atoms with Gasteiger partial charge in [0.15, 0.2) is 0 Å². The minimum Gasteiger partial charge on any atom is -0.339 e. The fourth-order valence-electron chi connectivity index (χ4n) is 2.38. The van der Waals surface area contributed by atoms with Crippen LogP contribution in [0.1, 0.15) is 11.1 Å². The number of carbonyl (C=O) groups excluding carboxylic acids is 1. The number of amides is 1. The molecule has 0 saturated carbocycles. The second-order valence-corrected chi connectivity index (χ2v) is 6.65. The van der Waals surface area contributed by atoms with Crippen LogP contribution in [0.5, 0.6) is 0 Å². The van der Waals surface area contributed by atoms with Gasteiger partial charge in [-0.15, -0.1) is 0 Å². The molecule has 0 atom stereocenters. The van der Waals surface area contributed by atoms with Crippen LogP contribution in [-0.2, 0) is 11.2 Å². The zero-order chi connectivity index (χ0) is 18.5. The number of nitrogens with one attached hydrogen (secondary N) is 2. The van der Waals surface area contributed by atoms with E-state index in [2.05, 4.69) is 15.6 Å². The molecule has 0 fully saturated rings. The van der Waals surface area contributed by atoms with Crippen LogP contribution in [0.25, 0.3) is 0 Å². The van der Waals surface area contributed by atoms with Gasteiger partial charge >= 0.3 is 0 Å². The van der Waals surface area contributed by atoms with Crippen molar-refractivity contribution in [2.24, 2.45) is 0 Å². The highest BCUT2D eigenvalue weighted by Gasteiger charge is 2.07. The van der Waals surface area contributed by atoms with E-state index in [1.54, 1.807) is 30.5 Å². The lowest BCUT2D eigenvalue weighted by atomic mass is 10.1. The smallest absolute Gasteiger partial charge is 0.228 e. The van der Waals surface area contributed by atoms with Crippen LogP contribution in [-0.4, -0.2) is 10.9 Å². The number of anilines is 3. The molecule has 2 aromatic carbocycles. The Morgan fingerprint density at radius 1 is 1.04 bits per heavy atom. The van der Waals surface area contributed by atoms with E-state index in [9.17, 15) is 4.79 Å². The molecule has 4 nitrogen and oxygen atoms in total. The SMILES string of the molecule is Cc1ccc(CC(=O)Nc2ccc(Nc3cccc(Cl)c3Cl)nc2)cc1. The molecule has 0 aliphatic heterocycles. The van der Waals surface area contributed by atoms with E-state index < -0.39 is 0 Å². The Kier molecular flexibility index (Phi) is 5.76. The summed E-state index contributed by atoms with van der Waals surface area (Å²) in [7, 11) is 0. The van der Waals surface area contributed by atoms with Gasteiger partial charge in [-0.1, -0.05) is 59.1 Å². The Morgan fingerprint density at radius 2 is 1.81 bits per heavy atom. The molecule has 0 saturated heterocycles. The van der Waals surface area contributed by atoms with Crippen LogP contribution in [0.4, 0.5) is 17.2 Å². The van der Waals surface area contributed by atoms with Crippen LogP contribution in [0.15, 0.2) is 60.8 Å². The van der Waals surface area contributed by atoms with E-state index in [1.807, 2.05) is 37.3 Å². The molecule has 0 aliphatic carbocycles. The van der Waals surface area contributed by atoms with Crippen molar-refractivity contribution in [3.63, 3.8) is 0 Å². The lowest BCUT2D eigenvalue weighted by Gasteiger charge is -2.10. The summed E-state index contributed by atoms with van der Waals surface area (Å²) >= 11 is 12.1. The summed E-state index contributed by atoms with van der Waals surface area (Å²) in [6.45, 7) is 2.02. The minimum absolute atomic E-state index is 0.0887. The number of aryl methyl sites for hydroxylation is 1. The Hall–Kier alpha value is -2.56. The number of aromatic nitrogens is 1. The molecule has 0 spiro atoms. The van der Waals surface area contributed by atoms with Gasteiger partial charge in [0.2, 0.25) is 5.91 Å². The van der Waals surface area contributed by atoms with E-state index in [0.29, 0.717) is 33.7 Å². The maximum absolute atomic E-state index is 12.1. The van der Waals surface area contributed by atoms with Crippen molar-refractivity contribution in [1.29, 1.82) is 0 Å². The summed E-state index contributed by atoms with van der Waals surface area (Å²) in [5.41, 5.74) is 3.43. The van der Waals surface area contributed by atoms with Gasteiger partial charge in [-0.2, -0.15) is 0 Å². The Balaban J connectivity index is 1.61. The van der Waals surface area contributed by atoms with Crippen LogP contribution < -0.4 is 10.6 Å². The van der Waals surface area contributed by atoms with Crippen LogP contribution in [0.2, 0.25) is 10.0 Å². The van der Waals surface area contributed by atoms with Crippen LogP contribution in [0, 0.1) is 6.92 Å². The fourth-order valence-corrected chi connectivity index (χ4v) is 2.72. The third kappa shape index (κ3) is 4.75. The Morgan fingerprint density at radius 3 is 2.50 bits per heavy atom. The molecule has 3 rings (SSSR count). The molecule has 132 valence electrons. The summed E-state index contributed by atoms with van der Waals surface area (Å²) in [4.78, 5) is 16.4. The average molecular weight is 386 g/mol. The monoisotopic (exact) mass is 385 g/mol. The zero-order valence-corrected chi connectivity index (χ0v) is 15.6. The number of carbonyl (C=O) groups is 1. The van der Waals surface area contributed by atoms with E-state index in [0.717, 1.165) is 5.56 Å². The molecule has 26 heavy (non-hydrogen) atoms. The quantitative estimate of drug-likeness (QED) is 0.598. The molecular weight excluding hydrogens is 369 g/mol. The normalized spacial score (nSPS) is 10.4. The first-order chi connectivity index (χ1) is 12.5. The van der Waals surface area contributed by atoms with Crippen molar-refractivity contribution in [3.05, 3.63) is 82.0 Å². The predicted molar refractivity (Wildman–Crippen MR) is 107 cm³/mol. The van der Waals surface area contributed by atoms with Crippen molar-refractivity contribution >= 4 is 46.3 Å². The van der Waals surface area contributed by atoms with Gasteiger partial charge in [-0.3, -0.25) is 4.79 Å². The van der Waals surface area contributed by atoms with Gasteiger partial charge in [0.05, 0.1) is 34.0 Å². The Labute approximate surface area is 162 Å². The number of pyridine rings is 1. The number of hydrogen-bond donors (Lipinski definition) is 2. The first-order valence-electron chi connectivity index (χ1n) is 8.04.